The minimum atomic E-state index is -0.712. The summed E-state index contributed by atoms with van der Waals surface area (Å²) in [5.41, 5.74) is 0. The van der Waals surface area contributed by atoms with E-state index in [-0.39, 0.29) is 12.2 Å². The Morgan fingerprint density at radius 2 is 1.67 bits per heavy atom. The summed E-state index contributed by atoms with van der Waals surface area (Å²) in [4.78, 5) is 0. The van der Waals surface area contributed by atoms with Gasteiger partial charge in [-0.25, -0.2) is 0 Å². The van der Waals surface area contributed by atoms with Gasteiger partial charge in [-0.3, -0.25) is 0 Å². The first-order valence-electron chi connectivity index (χ1n) is 4.63. The molecule has 0 bridgehead atoms. The van der Waals surface area contributed by atoms with Crippen LogP contribution in [0.15, 0.2) is 0 Å². The highest BCUT2D eigenvalue weighted by molar-refractivity contribution is 4.80. The largest absolute Gasteiger partial charge is 0.390 e. The summed E-state index contributed by atoms with van der Waals surface area (Å²) in [5.74, 6) is 0. The standard InChI is InChI=1S/C7H14O3.C2H6/c1-4-3-6(8)7(9)5(2)10-4;1-2/h4-9H,3H2,1-2H3;1-2H3/t4?,5?,6-,7+;/m1./s1. The van der Waals surface area contributed by atoms with Gasteiger partial charge < -0.3 is 14.9 Å². The summed E-state index contributed by atoms with van der Waals surface area (Å²) in [6.45, 7) is 7.66. The molecule has 0 aromatic carbocycles. The molecule has 4 atom stereocenters. The van der Waals surface area contributed by atoms with E-state index in [1.165, 1.54) is 0 Å². The third kappa shape index (κ3) is 3.09. The first kappa shape index (κ1) is 11.9. The van der Waals surface area contributed by atoms with Gasteiger partial charge in [-0.2, -0.15) is 0 Å². The van der Waals surface area contributed by atoms with Gasteiger partial charge in [0.05, 0.1) is 18.3 Å². The molecule has 2 N–H and O–H groups in total. The second-order valence-electron chi connectivity index (χ2n) is 2.95. The monoisotopic (exact) mass is 176 g/mol. The quantitative estimate of drug-likeness (QED) is 0.577. The van der Waals surface area contributed by atoms with Gasteiger partial charge in [0.2, 0.25) is 0 Å². The number of ether oxygens (including phenoxy) is 1. The van der Waals surface area contributed by atoms with E-state index in [4.69, 9.17) is 4.74 Å². The Labute approximate surface area is 74.4 Å². The van der Waals surface area contributed by atoms with Crippen molar-refractivity contribution in [3.8, 4) is 0 Å². The van der Waals surface area contributed by atoms with Gasteiger partial charge in [-0.1, -0.05) is 13.8 Å². The minimum absolute atomic E-state index is 0.0633. The molecule has 1 heterocycles. The summed E-state index contributed by atoms with van der Waals surface area (Å²) in [5, 5.41) is 18.4. The highest BCUT2D eigenvalue weighted by atomic mass is 16.5. The predicted octanol–water partition coefficient (Wildman–Crippen LogP) is 0.932. The molecule has 1 rings (SSSR count). The Morgan fingerprint density at radius 1 is 1.17 bits per heavy atom. The molecule has 1 aliphatic rings. The fraction of sp³-hybridized carbons (Fsp3) is 1.00. The number of aliphatic hydroxyl groups is 2. The van der Waals surface area contributed by atoms with E-state index in [1.54, 1.807) is 6.92 Å². The molecule has 2 unspecified atom stereocenters. The normalized spacial score (nSPS) is 41.5. The van der Waals surface area contributed by atoms with Gasteiger partial charge >= 0.3 is 0 Å². The van der Waals surface area contributed by atoms with Gasteiger partial charge in [-0.15, -0.1) is 0 Å². The minimum Gasteiger partial charge on any atom is -0.390 e. The van der Waals surface area contributed by atoms with Gasteiger partial charge in [-0.05, 0) is 13.8 Å². The molecule has 3 nitrogen and oxygen atoms in total. The summed E-state index contributed by atoms with van der Waals surface area (Å²) < 4.78 is 5.26. The topological polar surface area (TPSA) is 49.7 Å². The van der Waals surface area contributed by atoms with Crippen LogP contribution >= 0.6 is 0 Å². The van der Waals surface area contributed by atoms with E-state index in [2.05, 4.69) is 0 Å². The van der Waals surface area contributed by atoms with E-state index in [0.29, 0.717) is 6.42 Å². The number of hydrogen-bond donors (Lipinski definition) is 2. The fourth-order valence-corrected chi connectivity index (χ4v) is 1.29. The zero-order valence-electron chi connectivity index (χ0n) is 8.32. The van der Waals surface area contributed by atoms with Crippen molar-refractivity contribution in [1.82, 2.24) is 0 Å². The molecule has 74 valence electrons. The van der Waals surface area contributed by atoms with E-state index >= 15 is 0 Å². The van der Waals surface area contributed by atoms with Crippen LogP contribution in [0.25, 0.3) is 0 Å². The molecule has 0 aromatic heterocycles. The lowest BCUT2D eigenvalue weighted by molar-refractivity contribution is -0.156. The summed E-state index contributed by atoms with van der Waals surface area (Å²) >= 11 is 0. The Morgan fingerprint density at radius 3 is 2.08 bits per heavy atom. The van der Waals surface area contributed by atoms with E-state index < -0.39 is 12.2 Å². The van der Waals surface area contributed by atoms with Crippen molar-refractivity contribution < 1.29 is 14.9 Å². The van der Waals surface area contributed by atoms with Gasteiger partial charge in [0.1, 0.15) is 6.10 Å². The van der Waals surface area contributed by atoms with Crippen LogP contribution in [0.5, 0.6) is 0 Å². The number of hydrogen-bond acceptors (Lipinski definition) is 3. The Hall–Kier alpha value is -0.120. The molecule has 0 radical (unpaired) electrons. The average Bonchev–Trinajstić information content (AvgIpc) is 2.04. The lowest BCUT2D eigenvalue weighted by atomic mass is 10.00. The third-order valence-corrected chi connectivity index (χ3v) is 1.90. The van der Waals surface area contributed by atoms with E-state index in [1.807, 2.05) is 20.8 Å². The van der Waals surface area contributed by atoms with Crippen LogP contribution < -0.4 is 0 Å². The van der Waals surface area contributed by atoms with Crippen LogP contribution in [0.1, 0.15) is 34.1 Å². The molecular formula is C9H20O3. The van der Waals surface area contributed by atoms with E-state index in [0.717, 1.165) is 0 Å². The summed E-state index contributed by atoms with van der Waals surface area (Å²) in [6.07, 6.45) is -0.965. The second-order valence-corrected chi connectivity index (χ2v) is 2.95. The number of rotatable bonds is 0. The maximum absolute atomic E-state index is 9.19. The van der Waals surface area contributed by atoms with Crippen molar-refractivity contribution in [2.75, 3.05) is 0 Å². The van der Waals surface area contributed by atoms with Crippen molar-refractivity contribution in [3.05, 3.63) is 0 Å². The van der Waals surface area contributed by atoms with Crippen molar-refractivity contribution in [2.45, 2.75) is 58.5 Å². The number of aliphatic hydroxyl groups excluding tert-OH is 2. The Balaban J connectivity index is 0.000000561. The molecule has 0 aromatic rings. The molecule has 1 fully saturated rings. The molecule has 1 saturated heterocycles. The maximum atomic E-state index is 9.19. The van der Waals surface area contributed by atoms with Crippen LogP contribution in [-0.2, 0) is 4.74 Å². The molecule has 1 aliphatic heterocycles. The summed E-state index contributed by atoms with van der Waals surface area (Å²) in [7, 11) is 0. The zero-order chi connectivity index (χ0) is 9.72. The second kappa shape index (κ2) is 5.51. The lowest BCUT2D eigenvalue weighted by Gasteiger charge is -2.33. The molecule has 0 amide bonds. The molecule has 0 spiro atoms. The van der Waals surface area contributed by atoms with Crippen molar-refractivity contribution >= 4 is 0 Å². The van der Waals surface area contributed by atoms with Gasteiger partial charge in [0.15, 0.2) is 0 Å². The lowest BCUT2D eigenvalue weighted by Crippen LogP contribution is -2.45. The van der Waals surface area contributed by atoms with Crippen LogP contribution in [0.4, 0.5) is 0 Å². The molecule has 3 heteroatoms. The first-order valence-corrected chi connectivity index (χ1v) is 4.63. The third-order valence-electron chi connectivity index (χ3n) is 1.90. The summed E-state index contributed by atoms with van der Waals surface area (Å²) in [6, 6.07) is 0. The van der Waals surface area contributed by atoms with Crippen LogP contribution in [-0.4, -0.2) is 34.6 Å². The van der Waals surface area contributed by atoms with Crippen molar-refractivity contribution in [2.24, 2.45) is 0 Å². The van der Waals surface area contributed by atoms with Crippen molar-refractivity contribution in [1.29, 1.82) is 0 Å². The van der Waals surface area contributed by atoms with E-state index in [9.17, 15) is 10.2 Å². The maximum Gasteiger partial charge on any atom is 0.106 e. The molecular weight excluding hydrogens is 156 g/mol. The molecule has 12 heavy (non-hydrogen) atoms. The Kier molecular flexibility index (Phi) is 5.46. The Bertz CT molecular complexity index is 104. The van der Waals surface area contributed by atoms with Crippen LogP contribution in [0.2, 0.25) is 0 Å². The van der Waals surface area contributed by atoms with Crippen LogP contribution in [0.3, 0.4) is 0 Å². The highest BCUT2D eigenvalue weighted by Crippen LogP contribution is 2.19. The fourth-order valence-electron chi connectivity index (χ4n) is 1.29. The van der Waals surface area contributed by atoms with Gasteiger partial charge in [0, 0.05) is 6.42 Å². The first-order chi connectivity index (χ1) is 5.61. The molecule has 0 aliphatic carbocycles. The molecule has 0 saturated carbocycles. The average molecular weight is 176 g/mol. The smallest absolute Gasteiger partial charge is 0.106 e. The predicted molar refractivity (Wildman–Crippen MR) is 48.0 cm³/mol. The zero-order valence-corrected chi connectivity index (χ0v) is 8.32. The van der Waals surface area contributed by atoms with Crippen molar-refractivity contribution in [3.63, 3.8) is 0 Å². The van der Waals surface area contributed by atoms with Crippen LogP contribution in [0, 0.1) is 0 Å². The highest BCUT2D eigenvalue weighted by Gasteiger charge is 2.31. The van der Waals surface area contributed by atoms with Gasteiger partial charge in [0.25, 0.3) is 0 Å². The SMILES string of the molecule is CC.CC1C[C@@H](O)[C@@H](O)C(C)O1.